The predicted molar refractivity (Wildman–Crippen MR) is 69.0 cm³/mol. The monoisotopic (exact) mass is 257 g/mol. The average Bonchev–Trinajstić information content (AvgIpc) is 2.20. The fourth-order valence-electron chi connectivity index (χ4n) is 1.50. The first-order valence-electron chi connectivity index (χ1n) is 5.65. The van der Waals surface area contributed by atoms with Crippen LogP contribution in [0.15, 0.2) is 23.1 Å². The van der Waals surface area contributed by atoms with Gasteiger partial charge in [0, 0.05) is 5.69 Å². The summed E-state index contributed by atoms with van der Waals surface area (Å²) in [5.74, 6) is 0.480. The molecule has 5 heteroatoms. The maximum absolute atomic E-state index is 12.1. The summed E-state index contributed by atoms with van der Waals surface area (Å²) < 4.78 is 29.6. The summed E-state index contributed by atoms with van der Waals surface area (Å²) in [7, 11) is -3.31. The quantitative estimate of drug-likeness (QED) is 0.821. The standard InChI is InChI=1S/C12H19NO3S/c1-4-7-17(14,15)12-8-10(13)5-6-11(12)16-9(2)3/h5-6,8-9H,4,7,13H2,1-3H3. The van der Waals surface area contributed by atoms with Crippen molar-refractivity contribution in [2.45, 2.75) is 38.2 Å². The van der Waals surface area contributed by atoms with E-state index in [-0.39, 0.29) is 16.8 Å². The summed E-state index contributed by atoms with van der Waals surface area (Å²) in [6.07, 6.45) is 0.493. The topological polar surface area (TPSA) is 69.4 Å². The first-order chi connectivity index (χ1) is 7.86. The van der Waals surface area contributed by atoms with Gasteiger partial charge in [-0.3, -0.25) is 0 Å². The van der Waals surface area contributed by atoms with Crippen LogP contribution in [0.25, 0.3) is 0 Å². The molecule has 17 heavy (non-hydrogen) atoms. The maximum atomic E-state index is 12.1. The number of hydrogen-bond donors (Lipinski definition) is 1. The predicted octanol–water partition coefficient (Wildman–Crippen LogP) is 2.24. The summed E-state index contributed by atoms with van der Waals surface area (Å²) in [6, 6.07) is 4.71. The maximum Gasteiger partial charge on any atom is 0.182 e. The third-order valence-electron chi connectivity index (χ3n) is 2.14. The summed E-state index contributed by atoms with van der Waals surface area (Å²) in [5.41, 5.74) is 6.06. The van der Waals surface area contributed by atoms with Gasteiger partial charge >= 0.3 is 0 Å². The molecule has 0 aliphatic rings. The Morgan fingerprint density at radius 3 is 2.53 bits per heavy atom. The minimum absolute atomic E-state index is 0.0748. The Morgan fingerprint density at radius 2 is 2.00 bits per heavy atom. The molecule has 0 spiro atoms. The van der Waals surface area contributed by atoms with Gasteiger partial charge in [0.15, 0.2) is 9.84 Å². The molecular formula is C12H19NO3S. The molecule has 0 aliphatic heterocycles. The van der Waals surface area contributed by atoms with Crippen molar-refractivity contribution in [2.24, 2.45) is 0 Å². The van der Waals surface area contributed by atoms with Gasteiger partial charge in [-0.1, -0.05) is 6.92 Å². The van der Waals surface area contributed by atoms with Gasteiger partial charge in [-0.25, -0.2) is 8.42 Å². The second-order valence-corrected chi connectivity index (χ2v) is 6.27. The Balaban J connectivity index is 3.24. The zero-order valence-electron chi connectivity index (χ0n) is 10.4. The third kappa shape index (κ3) is 3.63. The van der Waals surface area contributed by atoms with Crippen molar-refractivity contribution in [1.29, 1.82) is 0 Å². The second kappa shape index (κ2) is 5.40. The molecule has 0 aromatic heterocycles. The summed E-state index contributed by atoms with van der Waals surface area (Å²) >= 11 is 0. The molecule has 0 saturated carbocycles. The van der Waals surface area contributed by atoms with Gasteiger partial charge in [-0.2, -0.15) is 0 Å². The number of ether oxygens (including phenoxy) is 1. The fraction of sp³-hybridized carbons (Fsp3) is 0.500. The Kier molecular flexibility index (Phi) is 4.40. The SMILES string of the molecule is CCCS(=O)(=O)c1cc(N)ccc1OC(C)C. The van der Waals surface area contributed by atoms with Crippen molar-refractivity contribution in [3.63, 3.8) is 0 Å². The number of nitrogens with two attached hydrogens (primary N) is 1. The lowest BCUT2D eigenvalue weighted by Crippen LogP contribution is -2.12. The normalized spacial score (nSPS) is 11.8. The van der Waals surface area contributed by atoms with Gasteiger partial charge in [0.05, 0.1) is 11.9 Å². The molecule has 0 saturated heterocycles. The Labute approximate surface area is 103 Å². The van der Waals surface area contributed by atoms with Crippen LogP contribution in [-0.4, -0.2) is 20.3 Å². The van der Waals surface area contributed by atoms with Gasteiger partial charge in [0.1, 0.15) is 10.6 Å². The van der Waals surface area contributed by atoms with E-state index in [1.165, 1.54) is 6.07 Å². The Morgan fingerprint density at radius 1 is 1.35 bits per heavy atom. The van der Waals surface area contributed by atoms with E-state index >= 15 is 0 Å². The van der Waals surface area contributed by atoms with Crippen LogP contribution < -0.4 is 10.5 Å². The summed E-state index contributed by atoms with van der Waals surface area (Å²) in [6.45, 7) is 5.53. The smallest absolute Gasteiger partial charge is 0.182 e. The average molecular weight is 257 g/mol. The molecular weight excluding hydrogens is 238 g/mol. The van der Waals surface area contributed by atoms with Gasteiger partial charge in [0.2, 0.25) is 0 Å². The van der Waals surface area contributed by atoms with Gasteiger partial charge < -0.3 is 10.5 Å². The van der Waals surface area contributed by atoms with Crippen molar-refractivity contribution in [3.05, 3.63) is 18.2 Å². The van der Waals surface area contributed by atoms with Crippen LogP contribution >= 0.6 is 0 Å². The molecule has 0 fully saturated rings. The zero-order chi connectivity index (χ0) is 13.1. The first kappa shape index (κ1) is 13.8. The molecule has 1 rings (SSSR count). The summed E-state index contributed by atoms with van der Waals surface area (Å²) in [4.78, 5) is 0.188. The first-order valence-corrected chi connectivity index (χ1v) is 7.31. The molecule has 96 valence electrons. The van der Waals surface area contributed by atoms with Crippen molar-refractivity contribution >= 4 is 15.5 Å². The minimum atomic E-state index is -3.31. The van der Waals surface area contributed by atoms with E-state index in [1.807, 2.05) is 20.8 Å². The molecule has 1 aromatic rings. The lowest BCUT2D eigenvalue weighted by Gasteiger charge is -2.14. The number of sulfone groups is 1. The third-order valence-corrected chi connectivity index (χ3v) is 4.07. The van der Waals surface area contributed by atoms with Crippen LogP contribution in [-0.2, 0) is 9.84 Å². The van der Waals surface area contributed by atoms with Crippen LogP contribution in [0.5, 0.6) is 5.75 Å². The zero-order valence-corrected chi connectivity index (χ0v) is 11.3. The van der Waals surface area contributed by atoms with E-state index in [2.05, 4.69) is 0 Å². The van der Waals surface area contributed by atoms with E-state index < -0.39 is 9.84 Å². The number of benzene rings is 1. The lowest BCUT2D eigenvalue weighted by molar-refractivity contribution is 0.236. The molecule has 4 nitrogen and oxygen atoms in total. The molecule has 0 aliphatic carbocycles. The van der Waals surface area contributed by atoms with E-state index in [9.17, 15) is 8.42 Å². The Bertz CT molecular complexity index is 481. The highest BCUT2D eigenvalue weighted by atomic mass is 32.2. The van der Waals surface area contributed by atoms with Crippen molar-refractivity contribution < 1.29 is 13.2 Å². The van der Waals surface area contributed by atoms with Gasteiger partial charge in [0.25, 0.3) is 0 Å². The van der Waals surface area contributed by atoms with Crippen LogP contribution in [0, 0.1) is 0 Å². The number of anilines is 1. The highest BCUT2D eigenvalue weighted by molar-refractivity contribution is 7.91. The molecule has 0 unspecified atom stereocenters. The minimum Gasteiger partial charge on any atom is -0.490 e. The van der Waals surface area contributed by atoms with Gasteiger partial charge in [-0.05, 0) is 38.5 Å². The van der Waals surface area contributed by atoms with E-state index in [1.54, 1.807) is 12.1 Å². The second-order valence-electron chi connectivity index (χ2n) is 4.19. The van der Waals surface area contributed by atoms with Crippen molar-refractivity contribution in [3.8, 4) is 5.75 Å². The highest BCUT2D eigenvalue weighted by Gasteiger charge is 2.19. The summed E-state index contributed by atoms with van der Waals surface area (Å²) in [5, 5.41) is 0. The van der Waals surface area contributed by atoms with Crippen LogP contribution in [0.3, 0.4) is 0 Å². The molecule has 0 heterocycles. The largest absolute Gasteiger partial charge is 0.490 e. The van der Waals surface area contributed by atoms with E-state index in [0.29, 0.717) is 17.9 Å². The Hall–Kier alpha value is -1.23. The molecule has 0 bridgehead atoms. The molecule has 1 aromatic carbocycles. The van der Waals surface area contributed by atoms with Crippen molar-refractivity contribution in [1.82, 2.24) is 0 Å². The lowest BCUT2D eigenvalue weighted by atomic mass is 10.3. The van der Waals surface area contributed by atoms with Crippen LogP contribution in [0.2, 0.25) is 0 Å². The molecule has 2 N–H and O–H groups in total. The molecule has 0 radical (unpaired) electrons. The van der Waals surface area contributed by atoms with E-state index in [0.717, 1.165) is 0 Å². The van der Waals surface area contributed by atoms with Crippen LogP contribution in [0.4, 0.5) is 5.69 Å². The van der Waals surface area contributed by atoms with Crippen molar-refractivity contribution in [2.75, 3.05) is 11.5 Å². The van der Waals surface area contributed by atoms with Gasteiger partial charge in [-0.15, -0.1) is 0 Å². The van der Waals surface area contributed by atoms with Crippen LogP contribution in [0.1, 0.15) is 27.2 Å². The highest BCUT2D eigenvalue weighted by Crippen LogP contribution is 2.28. The number of nitrogen functional groups attached to an aromatic ring is 1. The number of hydrogen-bond acceptors (Lipinski definition) is 4. The number of rotatable bonds is 5. The molecule has 0 atom stereocenters. The molecule has 0 amide bonds. The fourth-order valence-corrected chi connectivity index (χ4v) is 2.99. The van der Waals surface area contributed by atoms with E-state index in [4.69, 9.17) is 10.5 Å².